The van der Waals surface area contributed by atoms with Crippen LogP contribution in [0.1, 0.15) is 54.9 Å². The van der Waals surface area contributed by atoms with Crippen molar-refractivity contribution < 1.29 is 14.2 Å². The molecule has 2 fully saturated rings. The van der Waals surface area contributed by atoms with E-state index < -0.39 is 5.79 Å². The third-order valence-electron chi connectivity index (χ3n) is 8.20. The summed E-state index contributed by atoms with van der Waals surface area (Å²) in [7, 11) is 0. The van der Waals surface area contributed by atoms with Crippen molar-refractivity contribution in [1.29, 1.82) is 5.26 Å². The molecular formula is C30H29ClN6O3. The molecule has 3 aliphatic heterocycles. The smallest absolute Gasteiger partial charge is 0.292 e. The standard InChI is InChI=1S/C30H29ClN6O3/c1-30(27-6-5-20(31)15-34-27)39-26-4-2-3-23(29(26)40-30)19-7-10-36(11-8-19)18-28-35-24-13-21(14-32)33-16-25(24)37(28)17-22-9-12-38-22/h2-6,13,15-16,19,22H,7-12,17-18H2,1H3. The summed E-state index contributed by atoms with van der Waals surface area (Å²) in [6.07, 6.45) is 6.63. The Hall–Kier alpha value is -3.71. The van der Waals surface area contributed by atoms with Crippen LogP contribution in [0.15, 0.2) is 48.8 Å². The quantitative estimate of drug-likeness (QED) is 0.321. The summed E-state index contributed by atoms with van der Waals surface area (Å²) in [5.41, 5.74) is 4.01. The number of aromatic nitrogens is 4. The van der Waals surface area contributed by atoms with Gasteiger partial charge in [-0.05, 0) is 56.5 Å². The summed E-state index contributed by atoms with van der Waals surface area (Å²) in [6.45, 7) is 6.08. The Morgan fingerprint density at radius 1 is 1.10 bits per heavy atom. The van der Waals surface area contributed by atoms with Crippen LogP contribution in [-0.2, 0) is 23.6 Å². The molecule has 0 aliphatic carbocycles. The van der Waals surface area contributed by atoms with E-state index in [2.05, 4.69) is 31.6 Å². The van der Waals surface area contributed by atoms with Crippen molar-refractivity contribution in [2.24, 2.45) is 0 Å². The van der Waals surface area contributed by atoms with E-state index in [1.807, 2.05) is 25.1 Å². The predicted molar refractivity (Wildman–Crippen MR) is 148 cm³/mol. The molecule has 6 heterocycles. The minimum atomic E-state index is -0.993. The molecule has 4 aromatic rings. The molecule has 204 valence electrons. The zero-order chi connectivity index (χ0) is 27.3. The maximum absolute atomic E-state index is 9.30. The summed E-state index contributed by atoms with van der Waals surface area (Å²) in [4.78, 5) is 16.1. The van der Waals surface area contributed by atoms with E-state index in [-0.39, 0.29) is 6.10 Å². The minimum Gasteiger partial charge on any atom is -0.443 e. The Balaban J connectivity index is 1.07. The third-order valence-corrected chi connectivity index (χ3v) is 8.43. The monoisotopic (exact) mass is 556 g/mol. The number of halogens is 1. The summed E-state index contributed by atoms with van der Waals surface area (Å²) in [5, 5.41) is 9.88. The van der Waals surface area contributed by atoms with Crippen molar-refractivity contribution in [3.63, 3.8) is 0 Å². The molecule has 0 amide bonds. The fourth-order valence-corrected chi connectivity index (χ4v) is 6.02. The van der Waals surface area contributed by atoms with E-state index in [1.165, 1.54) is 5.56 Å². The molecule has 7 rings (SSSR count). The Labute approximate surface area is 237 Å². The first-order valence-corrected chi connectivity index (χ1v) is 14.1. The fraction of sp³-hybridized carbons (Fsp3) is 0.400. The van der Waals surface area contributed by atoms with Gasteiger partial charge in [-0.25, -0.2) is 9.97 Å². The predicted octanol–water partition coefficient (Wildman–Crippen LogP) is 5.16. The number of hydrogen-bond donors (Lipinski definition) is 0. The normalized spacial score (nSPS) is 22.8. The molecule has 0 radical (unpaired) electrons. The largest absolute Gasteiger partial charge is 0.443 e. The van der Waals surface area contributed by atoms with Gasteiger partial charge >= 0.3 is 0 Å². The van der Waals surface area contributed by atoms with Crippen LogP contribution in [0.3, 0.4) is 0 Å². The number of benzene rings is 1. The van der Waals surface area contributed by atoms with Gasteiger partial charge in [-0.15, -0.1) is 0 Å². The highest BCUT2D eigenvalue weighted by Gasteiger charge is 2.42. The van der Waals surface area contributed by atoms with Crippen molar-refractivity contribution in [3.8, 4) is 17.6 Å². The minimum absolute atomic E-state index is 0.202. The van der Waals surface area contributed by atoms with Crippen molar-refractivity contribution >= 4 is 22.6 Å². The zero-order valence-corrected chi connectivity index (χ0v) is 23.0. The van der Waals surface area contributed by atoms with Crippen molar-refractivity contribution in [3.05, 3.63) is 76.6 Å². The molecule has 0 saturated carbocycles. The lowest BCUT2D eigenvalue weighted by molar-refractivity contribution is -0.0722. The molecule has 40 heavy (non-hydrogen) atoms. The van der Waals surface area contributed by atoms with E-state index >= 15 is 0 Å². The Morgan fingerprint density at radius 2 is 1.95 bits per heavy atom. The van der Waals surface area contributed by atoms with Crippen LogP contribution in [0.4, 0.5) is 0 Å². The molecule has 0 bridgehead atoms. The summed E-state index contributed by atoms with van der Waals surface area (Å²) >= 11 is 6.04. The molecule has 2 saturated heterocycles. The lowest BCUT2D eigenvalue weighted by Crippen LogP contribution is -2.35. The first kappa shape index (κ1) is 25.3. The fourth-order valence-electron chi connectivity index (χ4n) is 5.91. The van der Waals surface area contributed by atoms with Gasteiger partial charge in [0.1, 0.15) is 23.3 Å². The van der Waals surface area contributed by atoms with E-state index in [9.17, 15) is 5.26 Å². The van der Waals surface area contributed by atoms with Crippen LogP contribution in [0.5, 0.6) is 11.5 Å². The number of piperidine rings is 1. The molecule has 10 heteroatoms. The van der Waals surface area contributed by atoms with E-state index in [0.717, 1.165) is 80.4 Å². The molecule has 9 nitrogen and oxygen atoms in total. The number of hydrogen-bond acceptors (Lipinski definition) is 8. The van der Waals surface area contributed by atoms with Gasteiger partial charge in [-0.2, -0.15) is 5.26 Å². The van der Waals surface area contributed by atoms with Crippen LogP contribution >= 0.6 is 11.6 Å². The van der Waals surface area contributed by atoms with Crippen molar-refractivity contribution in [2.45, 2.75) is 57.1 Å². The highest BCUT2D eigenvalue weighted by atomic mass is 35.5. The Bertz CT molecular complexity index is 1600. The molecule has 3 aromatic heterocycles. The molecule has 2 unspecified atom stereocenters. The Morgan fingerprint density at radius 3 is 2.67 bits per heavy atom. The highest BCUT2D eigenvalue weighted by molar-refractivity contribution is 6.30. The van der Waals surface area contributed by atoms with E-state index in [0.29, 0.717) is 22.3 Å². The van der Waals surface area contributed by atoms with Crippen LogP contribution in [-0.4, -0.2) is 50.2 Å². The second kappa shape index (κ2) is 10.0. The second-order valence-corrected chi connectivity index (χ2v) is 11.3. The number of para-hydroxylation sites is 1. The molecular weight excluding hydrogens is 528 g/mol. The first-order chi connectivity index (χ1) is 19.5. The number of pyridine rings is 2. The number of nitrogens with zero attached hydrogens (tertiary/aromatic N) is 6. The molecule has 2 atom stereocenters. The lowest BCUT2D eigenvalue weighted by atomic mass is 9.88. The molecule has 1 aromatic carbocycles. The number of fused-ring (bicyclic) bond motifs is 2. The van der Waals surface area contributed by atoms with Gasteiger partial charge in [0, 0.05) is 31.4 Å². The van der Waals surface area contributed by atoms with Crippen LogP contribution < -0.4 is 9.47 Å². The maximum Gasteiger partial charge on any atom is 0.292 e. The average molecular weight is 557 g/mol. The van der Waals surface area contributed by atoms with Crippen LogP contribution in [0, 0.1) is 11.3 Å². The second-order valence-electron chi connectivity index (χ2n) is 10.8. The topological polar surface area (TPSA) is 98.3 Å². The molecule has 3 aliphatic rings. The zero-order valence-electron chi connectivity index (χ0n) is 22.2. The number of ether oxygens (including phenoxy) is 3. The lowest BCUT2D eigenvalue weighted by Gasteiger charge is -2.33. The van der Waals surface area contributed by atoms with Gasteiger partial charge in [-0.1, -0.05) is 23.7 Å². The van der Waals surface area contributed by atoms with Gasteiger partial charge in [0.05, 0.1) is 41.4 Å². The van der Waals surface area contributed by atoms with Gasteiger partial charge in [-0.3, -0.25) is 9.88 Å². The average Bonchev–Trinajstić information content (AvgIpc) is 3.47. The van der Waals surface area contributed by atoms with E-state index in [1.54, 1.807) is 24.5 Å². The first-order valence-electron chi connectivity index (χ1n) is 13.7. The number of rotatable bonds is 6. The van der Waals surface area contributed by atoms with Gasteiger partial charge in [0.15, 0.2) is 11.5 Å². The molecule has 0 spiro atoms. The summed E-state index contributed by atoms with van der Waals surface area (Å²) in [6, 6.07) is 13.7. The SMILES string of the molecule is CC1(c2ccc(Cl)cn2)Oc2cccc(C3CCN(Cc4nc5cc(C#N)ncc5n4CC4CCO4)CC3)c2O1. The van der Waals surface area contributed by atoms with Crippen LogP contribution in [0.2, 0.25) is 5.02 Å². The van der Waals surface area contributed by atoms with Crippen molar-refractivity contribution in [1.82, 2.24) is 24.4 Å². The number of likely N-dealkylation sites (tertiary alicyclic amines) is 1. The highest BCUT2D eigenvalue weighted by Crippen LogP contribution is 2.49. The summed E-state index contributed by atoms with van der Waals surface area (Å²) in [5.74, 6) is 1.91. The van der Waals surface area contributed by atoms with Gasteiger partial charge in [0.2, 0.25) is 0 Å². The van der Waals surface area contributed by atoms with Crippen molar-refractivity contribution in [2.75, 3.05) is 19.7 Å². The summed E-state index contributed by atoms with van der Waals surface area (Å²) < 4.78 is 20.7. The Kier molecular flexibility index (Phi) is 6.34. The third kappa shape index (κ3) is 4.56. The molecule has 0 N–H and O–H groups in total. The van der Waals surface area contributed by atoms with Crippen LogP contribution in [0.25, 0.3) is 11.0 Å². The van der Waals surface area contributed by atoms with Gasteiger partial charge < -0.3 is 18.8 Å². The number of imidazole rings is 1. The number of nitriles is 1. The van der Waals surface area contributed by atoms with Gasteiger partial charge in [0.25, 0.3) is 5.79 Å². The van der Waals surface area contributed by atoms with E-state index in [4.69, 9.17) is 30.8 Å². The maximum atomic E-state index is 9.30.